The van der Waals surface area contributed by atoms with E-state index in [2.05, 4.69) is 18.7 Å². The van der Waals surface area contributed by atoms with E-state index in [9.17, 15) is 9.18 Å². The van der Waals surface area contributed by atoms with Crippen molar-refractivity contribution in [1.29, 1.82) is 0 Å². The Labute approximate surface area is 97.6 Å². The number of carbonyl (C=O) groups is 1. The molecule has 0 radical (unpaired) electrons. The van der Waals surface area contributed by atoms with Gasteiger partial charge in [0.05, 0.1) is 6.04 Å². The lowest BCUT2D eigenvalue weighted by atomic mass is 10.1. The van der Waals surface area contributed by atoms with Crippen LogP contribution >= 0.6 is 0 Å². The number of hydrogen-bond acceptors (Lipinski definition) is 2. The molecule has 1 fully saturated rings. The summed E-state index contributed by atoms with van der Waals surface area (Å²) in [6.45, 7) is 7.87. The fraction of sp³-hybridized carbons (Fsp3) is 0.917. The van der Waals surface area contributed by atoms with E-state index in [0.717, 1.165) is 19.5 Å². The molecular weight excluding hydrogens is 207 g/mol. The topological polar surface area (TPSA) is 23.6 Å². The van der Waals surface area contributed by atoms with Gasteiger partial charge >= 0.3 is 0 Å². The van der Waals surface area contributed by atoms with Crippen molar-refractivity contribution >= 4 is 5.91 Å². The van der Waals surface area contributed by atoms with Gasteiger partial charge in [0.15, 0.2) is 0 Å². The van der Waals surface area contributed by atoms with Crippen LogP contribution in [0.4, 0.5) is 4.39 Å². The Hall–Kier alpha value is -0.640. The third kappa shape index (κ3) is 3.17. The Bertz CT molecular complexity index is 233. The van der Waals surface area contributed by atoms with Gasteiger partial charge in [0, 0.05) is 32.1 Å². The largest absolute Gasteiger partial charge is 0.340 e. The van der Waals surface area contributed by atoms with Gasteiger partial charge in [-0.15, -0.1) is 0 Å². The van der Waals surface area contributed by atoms with Crippen LogP contribution in [0.15, 0.2) is 0 Å². The lowest BCUT2D eigenvalue weighted by molar-refractivity contribution is -0.134. The minimum atomic E-state index is -0.367. The Morgan fingerprint density at radius 3 is 2.62 bits per heavy atom. The fourth-order valence-electron chi connectivity index (χ4n) is 2.29. The number of rotatable bonds is 4. The predicted octanol–water partition coefficient (Wildman–Crippen LogP) is 1.68. The highest BCUT2D eigenvalue weighted by Gasteiger charge is 2.30. The average molecular weight is 230 g/mol. The Morgan fingerprint density at radius 2 is 2.12 bits per heavy atom. The average Bonchev–Trinajstić information content (AvgIpc) is 2.28. The molecule has 1 aliphatic rings. The summed E-state index contributed by atoms with van der Waals surface area (Å²) in [7, 11) is 0. The van der Waals surface area contributed by atoms with Gasteiger partial charge in [-0.3, -0.25) is 9.69 Å². The molecule has 1 heterocycles. The van der Waals surface area contributed by atoms with E-state index in [1.807, 2.05) is 11.8 Å². The number of halogens is 1. The first-order valence-corrected chi connectivity index (χ1v) is 6.19. The fourth-order valence-corrected chi connectivity index (χ4v) is 2.29. The molecule has 1 atom stereocenters. The summed E-state index contributed by atoms with van der Waals surface area (Å²) in [6.07, 6.45) is 1.45. The molecule has 0 aliphatic carbocycles. The highest BCUT2D eigenvalue weighted by atomic mass is 19.1. The molecule has 94 valence electrons. The summed E-state index contributed by atoms with van der Waals surface area (Å²) in [4.78, 5) is 15.7. The third-order valence-corrected chi connectivity index (χ3v) is 3.19. The molecular formula is C12H23FN2O. The number of piperazine rings is 1. The SMILES string of the molecule is CCCC(=O)N1CCN(C(C)C)C(CF)C1. The molecule has 1 aliphatic heterocycles. The molecule has 0 saturated carbocycles. The molecule has 4 heteroatoms. The zero-order chi connectivity index (χ0) is 12.1. The van der Waals surface area contributed by atoms with Crippen LogP contribution in [0, 0.1) is 0 Å². The van der Waals surface area contributed by atoms with Crippen molar-refractivity contribution in [2.24, 2.45) is 0 Å². The van der Waals surface area contributed by atoms with Gasteiger partial charge in [0.2, 0.25) is 5.91 Å². The summed E-state index contributed by atoms with van der Waals surface area (Å²) in [5.41, 5.74) is 0. The smallest absolute Gasteiger partial charge is 0.222 e. The summed E-state index contributed by atoms with van der Waals surface area (Å²) >= 11 is 0. The molecule has 0 aromatic rings. The molecule has 1 saturated heterocycles. The Morgan fingerprint density at radius 1 is 1.44 bits per heavy atom. The molecule has 3 nitrogen and oxygen atoms in total. The Balaban J connectivity index is 2.55. The van der Waals surface area contributed by atoms with E-state index in [0.29, 0.717) is 19.0 Å². The number of amides is 1. The molecule has 1 unspecified atom stereocenters. The molecule has 0 aromatic heterocycles. The maximum atomic E-state index is 12.9. The van der Waals surface area contributed by atoms with E-state index >= 15 is 0 Å². The summed E-state index contributed by atoms with van der Waals surface area (Å²) in [6, 6.07) is 0.235. The number of carbonyl (C=O) groups excluding carboxylic acids is 1. The number of hydrogen-bond donors (Lipinski definition) is 0. The van der Waals surface area contributed by atoms with Gasteiger partial charge in [0.1, 0.15) is 6.67 Å². The van der Waals surface area contributed by atoms with Gasteiger partial charge in [-0.25, -0.2) is 4.39 Å². The molecule has 0 bridgehead atoms. The Kier molecular flexibility index (Phi) is 5.19. The van der Waals surface area contributed by atoms with E-state index < -0.39 is 0 Å². The maximum Gasteiger partial charge on any atom is 0.222 e. The molecule has 0 spiro atoms. The maximum absolute atomic E-state index is 12.9. The number of alkyl halides is 1. The van der Waals surface area contributed by atoms with Crippen molar-refractivity contribution in [2.45, 2.75) is 45.7 Å². The van der Waals surface area contributed by atoms with Crippen molar-refractivity contribution in [3.8, 4) is 0 Å². The molecule has 1 amide bonds. The normalized spacial score (nSPS) is 22.8. The van der Waals surface area contributed by atoms with Crippen LogP contribution in [0.25, 0.3) is 0 Å². The van der Waals surface area contributed by atoms with Crippen LogP contribution < -0.4 is 0 Å². The minimum Gasteiger partial charge on any atom is -0.340 e. The van der Waals surface area contributed by atoms with Crippen LogP contribution in [0.2, 0.25) is 0 Å². The summed E-state index contributed by atoms with van der Waals surface area (Å²) < 4.78 is 12.9. The lowest BCUT2D eigenvalue weighted by Gasteiger charge is -2.42. The van der Waals surface area contributed by atoms with Crippen LogP contribution in [0.3, 0.4) is 0 Å². The van der Waals surface area contributed by atoms with Crippen LogP contribution in [0.5, 0.6) is 0 Å². The number of nitrogens with zero attached hydrogens (tertiary/aromatic N) is 2. The van der Waals surface area contributed by atoms with Crippen molar-refractivity contribution < 1.29 is 9.18 Å². The zero-order valence-corrected chi connectivity index (χ0v) is 10.6. The molecule has 0 aromatic carbocycles. The molecule has 1 rings (SSSR count). The van der Waals surface area contributed by atoms with Gasteiger partial charge < -0.3 is 4.90 Å². The molecule has 0 N–H and O–H groups in total. The van der Waals surface area contributed by atoms with Crippen LogP contribution in [0.1, 0.15) is 33.6 Å². The second-order valence-electron chi connectivity index (χ2n) is 4.73. The van der Waals surface area contributed by atoms with Crippen molar-refractivity contribution in [3.63, 3.8) is 0 Å². The van der Waals surface area contributed by atoms with Crippen LogP contribution in [-0.4, -0.2) is 54.1 Å². The first kappa shape index (κ1) is 13.4. The van der Waals surface area contributed by atoms with Gasteiger partial charge in [-0.05, 0) is 20.3 Å². The second kappa shape index (κ2) is 6.18. The highest BCUT2D eigenvalue weighted by Crippen LogP contribution is 2.15. The third-order valence-electron chi connectivity index (χ3n) is 3.19. The van der Waals surface area contributed by atoms with Gasteiger partial charge in [0.25, 0.3) is 0 Å². The second-order valence-corrected chi connectivity index (χ2v) is 4.73. The van der Waals surface area contributed by atoms with E-state index in [1.165, 1.54) is 0 Å². The van der Waals surface area contributed by atoms with E-state index in [1.54, 1.807) is 0 Å². The summed E-state index contributed by atoms with van der Waals surface area (Å²) in [5, 5.41) is 0. The van der Waals surface area contributed by atoms with E-state index in [-0.39, 0.29) is 18.6 Å². The summed E-state index contributed by atoms with van der Waals surface area (Å²) in [5.74, 6) is 0.171. The minimum absolute atomic E-state index is 0.116. The quantitative estimate of drug-likeness (QED) is 0.733. The van der Waals surface area contributed by atoms with Gasteiger partial charge in [-0.2, -0.15) is 0 Å². The lowest BCUT2D eigenvalue weighted by Crippen LogP contribution is -2.57. The standard InChI is InChI=1S/C12H23FN2O/c1-4-5-12(16)14-6-7-15(10(2)3)11(8-13)9-14/h10-11H,4-9H2,1-3H3. The monoisotopic (exact) mass is 230 g/mol. The highest BCUT2D eigenvalue weighted by molar-refractivity contribution is 5.76. The van der Waals surface area contributed by atoms with Crippen molar-refractivity contribution in [3.05, 3.63) is 0 Å². The first-order valence-electron chi connectivity index (χ1n) is 6.19. The molecule has 16 heavy (non-hydrogen) atoms. The van der Waals surface area contributed by atoms with Crippen molar-refractivity contribution in [2.75, 3.05) is 26.3 Å². The van der Waals surface area contributed by atoms with E-state index in [4.69, 9.17) is 0 Å². The zero-order valence-electron chi connectivity index (χ0n) is 10.6. The first-order chi connectivity index (χ1) is 7.60. The van der Waals surface area contributed by atoms with Crippen molar-refractivity contribution in [1.82, 2.24) is 9.80 Å². The van der Waals surface area contributed by atoms with Gasteiger partial charge in [-0.1, -0.05) is 6.92 Å². The van der Waals surface area contributed by atoms with Crippen LogP contribution in [-0.2, 0) is 4.79 Å². The predicted molar refractivity (Wildman–Crippen MR) is 63.1 cm³/mol.